The molecule has 5 heteroatoms. The molecule has 17 heavy (non-hydrogen) atoms. The van der Waals surface area contributed by atoms with E-state index in [9.17, 15) is 0 Å². The molecular formula is C12H17BrN2O2. The maximum Gasteiger partial charge on any atom is 0.282 e. The number of ether oxygens (including phenoxy) is 2. The first-order valence-electron chi connectivity index (χ1n) is 5.14. The molecule has 0 saturated heterocycles. The van der Waals surface area contributed by atoms with E-state index in [1.54, 1.807) is 7.11 Å². The number of rotatable bonds is 3. The summed E-state index contributed by atoms with van der Waals surface area (Å²) in [6.07, 6.45) is 0. The van der Waals surface area contributed by atoms with Crippen LogP contribution in [0, 0.1) is 0 Å². The average molecular weight is 301 g/mol. The Balaban J connectivity index is 3.26. The summed E-state index contributed by atoms with van der Waals surface area (Å²) in [5, 5.41) is 0. The Labute approximate surface area is 110 Å². The van der Waals surface area contributed by atoms with Gasteiger partial charge in [-0.15, -0.1) is 0 Å². The summed E-state index contributed by atoms with van der Waals surface area (Å²) in [5.74, 6) is 0.769. The van der Waals surface area contributed by atoms with E-state index < -0.39 is 5.54 Å². The summed E-state index contributed by atoms with van der Waals surface area (Å²) in [7, 11) is 3.12. The van der Waals surface area contributed by atoms with E-state index in [-0.39, 0.29) is 6.02 Å². The zero-order chi connectivity index (χ0) is 13.1. The fraction of sp³-hybridized carbons (Fsp3) is 0.417. The van der Waals surface area contributed by atoms with Crippen LogP contribution in [0.4, 0.5) is 0 Å². The van der Waals surface area contributed by atoms with Crippen molar-refractivity contribution in [1.29, 1.82) is 0 Å². The number of hydrogen-bond acceptors (Lipinski definition) is 3. The molecule has 2 N–H and O–H groups in total. The van der Waals surface area contributed by atoms with Gasteiger partial charge in [0.2, 0.25) is 0 Å². The highest BCUT2D eigenvalue weighted by Crippen LogP contribution is 2.34. The van der Waals surface area contributed by atoms with E-state index >= 15 is 0 Å². The van der Waals surface area contributed by atoms with Crippen LogP contribution in [-0.4, -0.2) is 20.2 Å². The lowest BCUT2D eigenvalue weighted by molar-refractivity contribution is 0.372. The third-order valence-corrected chi connectivity index (χ3v) is 2.91. The number of amidine groups is 1. The lowest BCUT2D eigenvalue weighted by atomic mass is 9.94. The first kappa shape index (κ1) is 13.8. The smallest absolute Gasteiger partial charge is 0.282 e. The minimum atomic E-state index is -0.519. The predicted octanol–water partition coefficient (Wildman–Crippen LogP) is 2.65. The number of nitrogens with two attached hydrogens (primary N) is 1. The average Bonchev–Trinajstić information content (AvgIpc) is 2.28. The van der Waals surface area contributed by atoms with Crippen molar-refractivity contribution < 1.29 is 9.47 Å². The zero-order valence-electron chi connectivity index (χ0n) is 10.5. The van der Waals surface area contributed by atoms with Crippen LogP contribution in [0.5, 0.6) is 5.75 Å². The van der Waals surface area contributed by atoms with E-state index in [1.807, 2.05) is 32.0 Å². The molecule has 0 saturated carbocycles. The molecule has 1 aromatic rings. The van der Waals surface area contributed by atoms with Crippen molar-refractivity contribution in [3.8, 4) is 5.75 Å². The third-order valence-electron chi connectivity index (χ3n) is 2.42. The summed E-state index contributed by atoms with van der Waals surface area (Å²) in [5.41, 5.74) is 6.02. The molecule has 0 aliphatic heterocycles. The highest BCUT2D eigenvalue weighted by molar-refractivity contribution is 9.10. The molecule has 0 bridgehead atoms. The normalized spacial score (nSPS) is 12.4. The van der Waals surface area contributed by atoms with Crippen molar-refractivity contribution in [2.45, 2.75) is 19.4 Å². The number of benzene rings is 1. The standard InChI is InChI=1S/C12H17BrN2O2/c1-12(2,15-11(14)17-4)9-7-8(13)5-6-10(9)16-3/h5-7H,1-4H3,(H2,14,15). The maximum absolute atomic E-state index is 5.60. The summed E-state index contributed by atoms with van der Waals surface area (Å²) < 4.78 is 11.2. The molecule has 0 aliphatic carbocycles. The Morgan fingerprint density at radius 2 is 2.00 bits per heavy atom. The van der Waals surface area contributed by atoms with Crippen LogP contribution in [0.15, 0.2) is 27.7 Å². The van der Waals surface area contributed by atoms with Crippen molar-refractivity contribution in [1.82, 2.24) is 0 Å². The molecule has 0 unspecified atom stereocenters. The Morgan fingerprint density at radius 1 is 1.35 bits per heavy atom. The van der Waals surface area contributed by atoms with Gasteiger partial charge in [0.25, 0.3) is 6.02 Å². The molecule has 0 aliphatic rings. The number of halogens is 1. The van der Waals surface area contributed by atoms with Gasteiger partial charge in [0, 0.05) is 10.0 Å². The van der Waals surface area contributed by atoms with Crippen LogP contribution in [-0.2, 0) is 10.3 Å². The van der Waals surface area contributed by atoms with Gasteiger partial charge < -0.3 is 15.2 Å². The van der Waals surface area contributed by atoms with E-state index in [0.29, 0.717) is 0 Å². The van der Waals surface area contributed by atoms with E-state index in [1.165, 1.54) is 7.11 Å². The van der Waals surface area contributed by atoms with Crippen LogP contribution >= 0.6 is 15.9 Å². The van der Waals surface area contributed by atoms with E-state index in [2.05, 4.69) is 20.9 Å². The molecule has 0 radical (unpaired) electrons. The van der Waals surface area contributed by atoms with Gasteiger partial charge in [0.1, 0.15) is 5.75 Å². The molecule has 0 fully saturated rings. The number of hydrogen-bond donors (Lipinski definition) is 1. The lowest BCUT2D eigenvalue weighted by Crippen LogP contribution is -2.23. The zero-order valence-corrected chi connectivity index (χ0v) is 12.0. The van der Waals surface area contributed by atoms with Crippen LogP contribution in [0.3, 0.4) is 0 Å². The fourth-order valence-corrected chi connectivity index (χ4v) is 1.90. The Morgan fingerprint density at radius 3 is 2.53 bits per heavy atom. The van der Waals surface area contributed by atoms with Crippen molar-refractivity contribution >= 4 is 22.0 Å². The van der Waals surface area contributed by atoms with Crippen LogP contribution < -0.4 is 10.5 Å². The second-order valence-electron chi connectivity index (χ2n) is 4.06. The number of aliphatic imine (C=N–C) groups is 1. The summed E-state index contributed by atoms with van der Waals surface area (Å²) in [6, 6.07) is 5.92. The minimum Gasteiger partial charge on any atom is -0.496 e. The molecule has 1 rings (SSSR count). The van der Waals surface area contributed by atoms with Crippen molar-refractivity contribution in [2.75, 3.05) is 14.2 Å². The Kier molecular flexibility index (Phi) is 4.40. The van der Waals surface area contributed by atoms with E-state index in [4.69, 9.17) is 15.2 Å². The Hall–Kier alpha value is -1.23. The number of nitrogens with zero attached hydrogens (tertiary/aromatic N) is 1. The first-order chi connectivity index (χ1) is 7.90. The molecule has 0 aromatic heterocycles. The van der Waals surface area contributed by atoms with E-state index in [0.717, 1.165) is 15.8 Å². The molecule has 0 atom stereocenters. The lowest BCUT2D eigenvalue weighted by Gasteiger charge is -2.23. The second-order valence-corrected chi connectivity index (χ2v) is 4.97. The maximum atomic E-state index is 5.60. The van der Waals surface area contributed by atoms with Crippen LogP contribution in [0.1, 0.15) is 19.4 Å². The van der Waals surface area contributed by atoms with Gasteiger partial charge in [-0.05, 0) is 32.0 Å². The van der Waals surface area contributed by atoms with Crippen molar-refractivity contribution in [2.24, 2.45) is 10.7 Å². The molecule has 94 valence electrons. The minimum absolute atomic E-state index is 0.150. The van der Waals surface area contributed by atoms with Crippen molar-refractivity contribution in [3.63, 3.8) is 0 Å². The molecule has 0 heterocycles. The molecule has 4 nitrogen and oxygen atoms in total. The van der Waals surface area contributed by atoms with Gasteiger partial charge in [0.05, 0.1) is 19.8 Å². The topological polar surface area (TPSA) is 56.8 Å². The van der Waals surface area contributed by atoms with Crippen LogP contribution in [0.25, 0.3) is 0 Å². The molecule has 1 aromatic carbocycles. The third kappa shape index (κ3) is 3.36. The highest BCUT2D eigenvalue weighted by atomic mass is 79.9. The van der Waals surface area contributed by atoms with Gasteiger partial charge in [-0.25, -0.2) is 4.99 Å². The largest absolute Gasteiger partial charge is 0.496 e. The summed E-state index contributed by atoms with van der Waals surface area (Å²) in [4.78, 5) is 4.32. The monoisotopic (exact) mass is 300 g/mol. The van der Waals surface area contributed by atoms with Gasteiger partial charge in [0.15, 0.2) is 0 Å². The quantitative estimate of drug-likeness (QED) is 0.690. The number of methoxy groups -OCH3 is 2. The highest BCUT2D eigenvalue weighted by Gasteiger charge is 2.24. The van der Waals surface area contributed by atoms with Gasteiger partial charge in [-0.1, -0.05) is 15.9 Å². The van der Waals surface area contributed by atoms with Gasteiger partial charge in [-0.3, -0.25) is 0 Å². The van der Waals surface area contributed by atoms with Gasteiger partial charge in [-0.2, -0.15) is 0 Å². The summed E-state index contributed by atoms with van der Waals surface area (Å²) in [6.45, 7) is 3.90. The fourth-order valence-electron chi connectivity index (χ4n) is 1.54. The molecular weight excluding hydrogens is 284 g/mol. The SMILES string of the molecule is COC(N)=NC(C)(C)c1cc(Br)ccc1OC. The van der Waals surface area contributed by atoms with Gasteiger partial charge >= 0.3 is 0 Å². The molecule has 0 amide bonds. The van der Waals surface area contributed by atoms with Crippen molar-refractivity contribution in [3.05, 3.63) is 28.2 Å². The molecule has 0 spiro atoms. The Bertz CT molecular complexity index is 431. The summed E-state index contributed by atoms with van der Waals surface area (Å²) >= 11 is 3.43. The first-order valence-corrected chi connectivity index (χ1v) is 5.93. The second kappa shape index (κ2) is 5.40. The van der Waals surface area contributed by atoms with Crippen LogP contribution in [0.2, 0.25) is 0 Å². The predicted molar refractivity (Wildman–Crippen MR) is 72.4 cm³/mol.